The molecule has 1 aromatic rings. The van der Waals surface area contributed by atoms with Crippen LogP contribution in [0.4, 0.5) is 10.1 Å². The van der Waals surface area contributed by atoms with E-state index in [1.165, 1.54) is 11.1 Å². The van der Waals surface area contributed by atoms with Gasteiger partial charge >= 0.3 is 0 Å². The van der Waals surface area contributed by atoms with Gasteiger partial charge < -0.3 is 5.32 Å². The summed E-state index contributed by atoms with van der Waals surface area (Å²) in [6.07, 6.45) is 0.826. The van der Waals surface area contributed by atoms with Crippen LogP contribution >= 0.6 is 0 Å². The molecule has 1 N–H and O–H groups in total. The van der Waals surface area contributed by atoms with Gasteiger partial charge in [0.05, 0.1) is 6.04 Å². The van der Waals surface area contributed by atoms with Gasteiger partial charge in [-0.05, 0) is 30.5 Å². The van der Waals surface area contributed by atoms with Gasteiger partial charge in [-0.15, -0.1) is 0 Å². The lowest BCUT2D eigenvalue weighted by Crippen LogP contribution is -2.17. The maximum Gasteiger partial charge on any atom is 0.110 e. The Kier molecular flexibility index (Phi) is 1.75. The molecule has 0 bridgehead atoms. The van der Waals surface area contributed by atoms with E-state index in [1.807, 2.05) is 6.92 Å². The third-order valence-electron chi connectivity index (χ3n) is 2.28. The van der Waals surface area contributed by atoms with E-state index in [4.69, 9.17) is 0 Å². The zero-order valence-corrected chi connectivity index (χ0v) is 7.10. The third-order valence-corrected chi connectivity index (χ3v) is 2.28. The Bertz CT molecular complexity index is 296. The molecular formula is C10H12FN. The molecule has 0 spiro atoms. The number of alkyl halides is 1. The van der Waals surface area contributed by atoms with Gasteiger partial charge in [-0.3, -0.25) is 0 Å². The van der Waals surface area contributed by atoms with Crippen LogP contribution in [0.3, 0.4) is 0 Å². The highest BCUT2D eigenvalue weighted by molar-refractivity contribution is 5.58. The summed E-state index contributed by atoms with van der Waals surface area (Å²) in [6.45, 7) is 1.76. The minimum Gasteiger partial charge on any atom is -0.379 e. The van der Waals surface area contributed by atoms with Gasteiger partial charge in [-0.2, -0.15) is 0 Å². The number of anilines is 1. The van der Waals surface area contributed by atoms with E-state index in [9.17, 15) is 4.39 Å². The Morgan fingerprint density at radius 1 is 1.58 bits per heavy atom. The fraction of sp³-hybridized carbons (Fsp3) is 0.400. The highest BCUT2D eigenvalue weighted by Crippen LogP contribution is 2.26. The van der Waals surface area contributed by atoms with Crippen molar-refractivity contribution in [1.29, 1.82) is 0 Å². The second kappa shape index (κ2) is 2.77. The van der Waals surface area contributed by atoms with Crippen LogP contribution in [0.2, 0.25) is 0 Å². The van der Waals surface area contributed by atoms with Crippen LogP contribution in [-0.2, 0) is 6.42 Å². The summed E-state index contributed by atoms with van der Waals surface area (Å²) in [4.78, 5) is 0. The second-order valence-electron chi connectivity index (χ2n) is 3.36. The minimum atomic E-state index is -0.284. The molecule has 1 heterocycles. The van der Waals surface area contributed by atoms with Crippen molar-refractivity contribution in [2.75, 3.05) is 12.0 Å². The summed E-state index contributed by atoms with van der Waals surface area (Å²) in [5.74, 6) is 0. The number of aryl methyl sites for hydroxylation is 1. The average molecular weight is 165 g/mol. The zero-order valence-electron chi connectivity index (χ0n) is 7.10. The van der Waals surface area contributed by atoms with Crippen LogP contribution < -0.4 is 5.32 Å². The largest absolute Gasteiger partial charge is 0.379 e. The molecular weight excluding hydrogens is 153 g/mol. The summed E-state index contributed by atoms with van der Waals surface area (Å²) in [5, 5.41) is 3.15. The van der Waals surface area contributed by atoms with Crippen molar-refractivity contribution < 1.29 is 4.39 Å². The van der Waals surface area contributed by atoms with Crippen LogP contribution in [0.5, 0.6) is 0 Å². The highest BCUT2D eigenvalue weighted by Gasteiger charge is 2.19. The number of halogens is 1. The molecule has 0 saturated carbocycles. The number of rotatable bonds is 1. The van der Waals surface area contributed by atoms with E-state index >= 15 is 0 Å². The molecule has 1 aliphatic rings. The van der Waals surface area contributed by atoms with E-state index in [2.05, 4.69) is 23.5 Å². The van der Waals surface area contributed by atoms with Gasteiger partial charge in [0.15, 0.2) is 0 Å². The summed E-state index contributed by atoms with van der Waals surface area (Å²) < 4.78 is 12.3. The molecule has 0 amide bonds. The van der Waals surface area contributed by atoms with Crippen molar-refractivity contribution in [1.82, 2.24) is 0 Å². The Labute approximate surface area is 71.6 Å². The smallest absolute Gasteiger partial charge is 0.110 e. The first-order valence-electron chi connectivity index (χ1n) is 4.21. The fourth-order valence-corrected chi connectivity index (χ4v) is 1.63. The number of hydrogen-bond acceptors (Lipinski definition) is 1. The van der Waals surface area contributed by atoms with Crippen molar-refractivity contribution >= 4 is 5.69 Å². The summed E-state index contributed by atoms with van der Waals surface area (Å²) >= 11 is 0. The quantitative estimate of drug-likeness (QED) is 0.673. The van der Waals surface area contributed by atoms with Crippen LogP contribution in [0, 0.1) is 6.92 Å². The van der Waals surface area contributed by atoms with Crippen molar-refractivity contribution in [3.63, 3.8) is 0 Å². The van der Waals surface area contributed by atoms with Crippen LogP contribution in [-0.4, -0.2) is 12.7 Å². The van der Waals surface area contributed by atoms with Crippen molar-refractivity contribution in [3.05, 3.63) is 29.3 Å². The van der Waals surface area contributed by atoms with Crippen LogP contribution in [0.1, 0.15) is 11.1 Å². The monoisotopic (exact) mass is 165 g/mol. The van der Waals surface area contributed by atoms with E-state index in [1.54, 1.807) is 0 Å². The first-order chi connectivity index (χ1) is 5.79. The molecule has 2 heteroatoms. The first kappa shape index (κ1) is 7.59. The Balaban J connectivity index is 2.30. The lowest BCUT2D eigenvalue weighted by Gasteiger charge is -2.04. The molecule has 0 radical (unpaired) electrons. The molecule has 1 aromatic carbocycles. The Morgan fingerprint density at radius 2 is 2.42 bits per heavy atom. The Hall–Kier alpha value is -1.05. The zero-order chi connectivity index (χ0) is 8.55. The predicted molar refractivity (Wildman–Crippen MR) is 48.3 cm³/mol. The lowest BCUT2D eigenvalue weighted by atomic mass is 10.1. The molecule has 2 rings (SSSR count). The van der Waals surface area contributed by atoms with Gasteiger partial charge in [0.1, 0.15) is 6.67 Å². The SMILES string of the molecule is Cc1ccc2c(c1)NC(CF)C2. The molecule has 64 valence electrons. The molecule has 12 heavy (non-hydrogen) atoms. The number of nitrogens with one attached hydrogen (secondary N) is 1. The number of benzene rings is 1. The lowest BCUT2D eigenvalue weighted by molar-refractivity contribution is 0.450. The molecule has 0 fully saturated rings. The van der Waals surface area contributed by atoms with Gasteiger partial charge in [0.25, 0.3) is 0 Å². The normalized spacial score (nSPS) is 20.3. The van der Waals surface area contributed by atoms with E-state index in [0.29, 0.717) is 0 Å². The fourth-order valence-electron chi connectivity index (χ4n) is 1.63. The van der Waals surface area contributed by atoms with Crippen molar-refractivity contribution in [2.24, 2.45) is 0 Å². The van der Waals surface area contributed by atoms with Gasteiger partial charge in [-0.1, -0.05) is 12.1 Å². The van der Waals surface area contributed by atoms with Gasteiger partial charge in [0.2, 0.25) is 0 Å². The standard InChI is InChI=1S/C10H12FN/c1-7-2-3-8-5-9(6-11)12-10(8)4-7/h2-4,9,12H,5-6H2,1H3. The molecule has 1 aliphatic heterocycles. The number of hydrogen-bond donors (Lipinski definition) is 1. The summed E-state index contributed by atoms with van der Waals surface area (Å²) in [5.41, 5.74) is 3.57. The summed E-state index contributed by atoms with van der Waals surface area (Å²) in [7, 11) is 0. The first-order valence-corrected chi connectivity index (χ1v) is 4.21. The van der Waals surface area contributed by atoms with E-state index < -0.39 is 0 Å². The average Bonchev–Trinajstić information content (AvgIpc) is 2.46. The van der Waals surface area contributed by atoms with Crippen LogP contribution in [0.15, 0.2) is 18.2 Å². The molecule has 0 aromatic heterocycles. The maximum absolute atomic E-state index is 12.3. The van der Waals surface area contributed by atoms with E-state index in [-0.39, 0.29) is 12.7 Å². The van der Waals surface area contributed by atoms with Gasteiger partial charge in [0, 0.05) is 5.69 Å². The van der Waals surface area contributed by atoms with Crippen LogP contribution in [0.25, 0.3) is 0 Å². The summed E-state index contributed by atoms with van der Waals surface area (Å²) in [6, 6.07) is 6.22. The minimum absolute atomic E-state index is 0.00167. The number of fused-ring (bicyclic) bond motifs is 1. The molecule has 0 saturated heterocycles. The molecule has 1 atom stereocenters. The predicted octanol–water partition coefficient (Wildman–Crippen LogP) is 2.30. The molecule has 1 unspecified atom stereocenters. The van der Waals surface area contributed by atoms with E-state index in [0.717, 1.165) is 12.1 Å². The second-order valence-corrected chi connectivity index (χ2v) is 3.36. The van der Waals surface area contributed by atoms with Crippen molar-refractivity contribution in [2.45, 2.75) is 19.4 Å². The molecule has 1 nitrogen and oxygen atoms in total. The highest BCUT2D eigenvalue weighted by atomic mass is 19.1. The van der Waals surface area contributed by atoms with Crippen molar-refractivity contribution in [3.8, 4) is 0 Å². The third kappa shape index (κ3) is 1.17. The topological polar surface area (TPSA) is 12.0 Å². The van der Waals surface area contributed by atoms with Gasteiger partial charge in [-0.25, -0.2) is 4.39 Å². The Morgan fingerprint density at radius 3 is 3.17 bits per heavy atom. The molecule has 0 aliphatic carbocycles. The maximum atomic E-state index is 12.3.